The van der Waals surface area contributed by atoms with Gasteiger partial charge in [0, 0.05) is 5.69 Å². The smallest absolute Gasteiger partial charge is 0.307 e. The third-order valence-corrected chi connectivity index (χ3v) is 2.00. The van der Waals surface area contributed by atoms with E-state index in [-0.39, 0.29) is 12.1 Å². The molecule has 0 aromatic heterocycles. The monoisotopic (exact) mass is 246 g/mol. The molecule has 0 aliphatic carbocycles. The van der Waals surface area contributed by atoms with E-state index in [0.717, 1.165) is 12.1 Å². The Labute approximate surface area is 94.8 Å². The summed E-state index contributed by atoms with van der Waals surface area (Å²) in [5, 5.41) is 3.91. The lowest BCUT2D eigenvalue weighted by Crippen LogP contribution is -2.27. The maximum absolute atomic E-state index is 12.4. The van der Waals surface area contributed by atoms with Crippen molar-refractivity contribution in [3.8, 4) is 0 Å². The molecular formula is C10H9F3N2O2. The minimum Gasteiger partial charge on any atom is -0.307 e. The molecule has 17 heavy (non-hydrogen) atoms. The molecule has 0 fully saturated rings. The first-order valence-corrected chi connectivity index (χ1v) is 4.53. The Morgan fingerprint density at radius 1 is 1.35 bits per heavy atom. The maximum Gasteiger partial charge on any atom is 0.416 e. The predicted molar refractivity (Wildman–Crippen MR) is 54.4 cm³/mol. The number of nitrogens with one attached hydrogen (secondary N) is 2. The lowest BCUT2D eigenvalue weighted by atomic mass is 10.1. The second kappa shape index (κ2) is 4.86. The first kappa shape index (κ1) is 13.0. The number of hydrogen-bond donors (Lipinski definition) is 2. The minimum atomic E-state index is -4.48. The zero-order valence-electron chi connectivity index (χ0n) is 8.76. The Morgan fingerprint density at radius 3 is 2.53 bits per heavy atom. The van der Waals surface area contributed by atoms with Crippen molar-refractivity contribution in [2.45, 2.75) is 13.1 Å². The molecule has 0 atom stereocenters. The van der Waals surface area contributed by atoms with Crippen molar-refractivity contribution in [1.82, 2.24) is 5.32 Å². The fourth-order valence-electron chi connectivity index (χ4n) is 1.14. The van der Waals surface area contributed by atoms with Crippen LogP contribution in [0.5, 0.6) is 0 Å². The van der Waals surface area contributed by atoms with Gasteiger partial charge in [0.25, 0.3) is 0 Å². The van der Waals surface area contributed by atoms with E-state index in [1.165, 1.54) is 13.0 Å². The second-order valence-electron chi connectivity index (χ2n) is 3.24. The van der Waals surface area contributed by atoms with Crippen molar-refractivity contribution in [2.24, 2.45) is 0 Å². The maximum atomic E-state index is 12.4. The SMILES string of the molecule is Cc1ccc(C(F)(F)F)cc1NC(=O)NC=O. The molecule has 0 unspecified atom stereocenters. The van der Waals surface area contributed by atoms with Crippen LogP contribution in [-0.4, -0.2) is 12.4 Å². The Hall–Kier alpha value is -2.05. The molecule has 0 spiro atoms. The highest BCUT2D eigenvalue weighted by molar-refractivity contribution is 5.95. The number of halogens is 3. The average Bonchev–Trinajstić information content (AvgIpc) is 2.20. The highest BCUT2D eigenvalue weighted by Crippen LogP contribution is 2.31. The largest absolute Gasteiger partial charge is 0.416 e. The van der Waals surface area contributed by atoms with E-state index < -0.39 is 17.8 Å². The summed E-state index contributed by atoms with van der Waals surface area (Å²) in [5.74, 6) is 0. The molecule has 0 bridgehead atoms. The first-order valence-electron chi connectivity index (χ1n) is 4.53. The number of rotatable bonds is 2. The fraction of sp³-hybridized carbons (Fsp3) is 0.200. The van der Waals surface area contributed by atoms with Gasteiger partial charge in [0.15, 0.2) is 0 Å². The summed E-state index contributed by atoms with van der Waals surface area (Å²) in [6.45, 7) is 1.54. The number of imide groups is 1. The standard InChI is InChI=1S/C10H9F3N2O2/c1-6-2-3-7(10(11,12)13)4-8(6)15-9(17)14-5-16/h2-5H,1H3,(H2,14,15,16,17). The number of anilines is 1. The van der Waals surface area contributed by atoms with Crippen molar-refractivity contribution in [1.29, 1.82) is 0 Å². The van der Waals surface area contributed by atoms with E-state index in [9.17, 15) is 22.8 Å². The lowest BCUT2D eigenvalue weighted by Gasteiger charge is -2.11. The molecule has 0 saturated heterocycles. The van der Waals surface area contributed by atoms with Gasteiger partial charge in [-0.25, -0.2) is 4.79 Å². The molecule has 4 nitrogen and oxygen atoms in total. The summed E-state index contributed by atoms with van der Waals surface area (Å²) < 4.78 is 37.2. The molecule has 3 amide bonds. The number of aryl methyl sites for hydroxylation is 1. The van der Waals surface area contributed by atoms with E-state index in [1.54, 1.807) is 5.32 Å². The fourth-order valence-corrected chi connectivity index (χ4v) is 1.14. The van der Waals surface area contributed by atoms with E-state index >= 15 is 0 Å². The summed E-state index contributed by atoms with van der Waals surface area (Å²) >= 11 is 0. The van der Waals surface area contributed by atoms with Gasteiger partial charge >= 0.3 is 12.2 Å². The summed E-state index contributed by atoms with van der Waals surface area (Å²) in [7, 11) is 0. The summed E-state index contributed by atoms with van der Waals surface area (Å²) in [5.41, 5.74) is -0.414. The number of carbonyl (C=O) groups excluding carboxylic acids is 2. The van der Waals surface area contributed by atoms with Gasteiger partial charge in [-0.05, 0) is 24.6 Å². The summed E-state index contributed by atoms with van der Waals surface area (Å²) in [6, 6.07) is 2.07. The molecule has 1 aromatic carbocycles. The number of hydrogen-bond acceptors (Lipinski definition) is 2. The molecule has 0 aliphatic rings. The van der Waals surface area contributed by atoms with Gasteiger partial charge in [-0.15, -0.1) is 0 Å². The molecule has 92 valence electrons. The normalized spacial score (nSPS) is 10.8. The van der Waals surface area contributed by atoms with Gasteiger partial charge in [-0.3, -0.25) is 10.1 Å². The van der Waals surface area contributed by atoms with Crippen molar-refractivity contribution in [3.05, 3.63) is 29.3 Å². The molecule has 0 aliphatic heterocycles. The van der Waals surface area contributed by atoms with E-state index in [4.69, 9.17) is 0 Å². The summed E-state index contributed by atoms with van der Waals surface area (Å²) in [4.78, 5) is 21.0. The molecular weight excluding hydrogens is 237 g/mol. The zero-order chi connectivity index (χ0) is 13.1. The van der Waals surface area contributed by atoms with Crippen molar-refractivity contribution in [2.75, 3.05) is 5.32 Å². The minimum absolute atomic E-state index is 0.000764. The van der Waals surface area contributed by atoms with Crippen LogP contribution < -0.4 is 10.6 Å². The number of carbonyl (C=O) groups is 2. The molecule has 2 N–H and O–H groups in total. The highest BCUT2D eigenvalue weighted by atomic mass is 19.4. The number of amides is 3. The van der Waals surface area contributed by atoms with Crippen molar-refractivity contribution >= 4 is 18.1 Å². The van der Waals surface area contributed by atoms with Gasteiger partial charge in [-0.2, -0.15) is 13.2 Å². The predicted octanol–water partition coefficient (Wildman–Crippen LogP) is 2.29. The van der Waals surface area contributed by atoms with Crippen LogP contribution in [0.1, 0.15) is 11.1 Å². The molecule has 0 heterocycles. The van der Waals surface area contributed by atoms with Crippen LogP contribution in [-0.2, 0) is 11.0 Å². The number of benzene rings is 1. The number of urea groups is 1. The average molecular weight is 246 g/mol. The van der Waals surface area contributed by atoms with Crippen LogP contribution in [0.3, 0.4) is 0 Å². The van der Waals surface area contributed by atoms with Gasteiger partial charge in [0.2, 0.25) is 6.41 Å². The van der Waals surface area contributed by atoms with Gasteiger partial charge in [0.05, 0.1) is 5.56 Å². The Bertz CT molecular complexity index is 444. The third kappa shape index (κ3) is 3.47. The molecule has 0 radical (unpaired) electrons. The van der Waals surface area contributed by atoms with Gasteiger partial charge < -0.3 is 5.32 Å². The van der Waals surface area contributed by atoms with Crippen LogP contribution in [0, 0.1) is 6.92 Å². The topological polar surface area (TPSA) is 58.2 Å². The van der Waals surface area contributed by atoms with Crippen LogP contribution in [0.4, 0.5) is 23.7 Å². The van der Waals surface area contributed by atoms with Crippen molar-refractivity contribution in [3.63, 3.8) is 0 Å². The zero-order valence-corrected chi connectivity index (χ0v) is 8.76. The third-order valence-electron chi connectivity index (χ3n) is 2.00. The number of alkyl halides is 3. The van der Waals surface area contributed by atoms with Crippen LogP contribution in [0.25, 0.3) is 0 Å². The molecule has 1 rings (SSSR count). The first-order chi connectivity index (χ1) is 7.84. The Kier molecular flexibility index (Phi) is 3.72. The second-order valence-corrected chi connectivity index (χ2v) is 3.24. The lowest BCUT2D eigenvalue weighted by molar-refractivity contribution is -0.137. The highest BCUT2D eigenvalue weighted by Gasteiger charge is 2.30. The van der Waals surface area contributed by atoms with E-state index in [1.807, 2.05) is 0 Å². The molecule has 0 saturated carbocycles. The summed E-state index contributed by atoms with van der Waals surface area (Å²) in [6.07, 6.45) is -4.34. The Balaban J connectivity index is 2.99. The van der Waals surface area contributed by atoms with Crippen LogP contribution >= 0.6 is 0 Å². The van der Waals surface area contributed by atoms with Crippen molar-refractivity contribution < 1.29 is 22.8 Å². The Morgan fingerprint density at radius 2 is 2.00 bits per heavy atom. The molecule has 1 aromatic rings. The van der Waals surface area contributed by atoms with Gasteiger partial charge in [-0.1, -0.05) is 6.07 Å². The quantitative estimate of drug-likeness (QED) is 0.786. The van der Waals surface area contributed by atoms with Gasteiger partial charge in [0.1, 0.15) is 0 Å². The van der Waals surface area contributed by atoms with E-state index in [0.29, 0.717) is 5.56 Å². The van der Waals surface area contributed by atoms with E-state index in [2.05, 4.69) is 5.32 Å². The van der Waals surface area contributed by atoms with Crippen LogP contribution in [0.15, 0.2) is 18.2 Å². The molecule has 7 heteroatoms. The van der Waals surface area contributed by atoms with Crippen LogP contribution in [0.2, 0.25) is 0 Å².